The molecule has 104 valence electrons. The summed E-state index contributed by atoms with van der Waals surface area (Å²) in [6, 6.07) is 9.85. The molecular weight excluding hydrogens is 338 g/mol. The second-order valence-corrected chi connectivity index (χ2v) is 6.23. The van der Waals surface area contributed by atoms with Gasteiger partial charge in [-0.05, 0) is 39.7 Å². The van der Waals surface area contributed by atoms with Gasteiger partial charge in [-0.1, -0.05) is 18.2 Å². The van der Waals surface area contributed by atoms with Crippen LogP contribution in [-0.4, -0.2) is 18.1 Å². The van der Waals surface area contributed by atoms with Crippen LogP contribution < -0.4 is 4.90 Å². The number of anilines is 1. The maximum Gasteiger partial charge on any atom is 0.328 e. The van der Waals surface area contributed by atoms with Gasteiger partial charge in [-0.15, -0.1) is 11.3 Å². The Labute approximate surface area is 130 Å². The number of thiophene rings is 1. The molecule has 0 atom stereocenters. The highest BCUT2D eigenvalue weighted by Gasteiger charge is 2.07. The molecule has 0 saturated carbocycles. The Morgan fingerprint density at radius 1 is 1.45 bits per heavy atom. The first kappa shape index (κ1) is 14.8. The first-order valence-corrected chi connectivity index (χ1v) is 7.67. The molecule has 1 aromatic heterocycles. The molecule has 1 N–H and O–H groups in total. The van der Waals surface area contributed by atoms with Gasteiger partial charge in [-0.25, -0.2) is 4.79 Å². The van der Waals surface area contributed by atoms with E-state index in [0.717, 1.165) is 28.3 Å². The highest BCUT2D eigenvalue weighted by Crippen LogP contribution is 2.25. The summed E-state index contributed by atoms with van der Waals surface area (Å²) in [5, 5.41) is 10.8. The molecule has 0 aliphatic heterocycles. The molecule has 0 bridgehead atoms. The minimum absolute atomic E-state index is 0.786. The fraction of sp³-hybridized carbons (Fsp3) is 0.133. The molecule has 2 rings (SSSR count). The van der Waals surface area contributed by atoms with E-state index in [0.29, 0.717) is 0 Å². The van der Waals surface area contributed by atoms with Gasteiger partial charge in [0, 0.05) is 33.5 Å². The van der Waals surface area contributed by atoms with Crippen molar-refractivity contribution in [1.29, 1.82) is 0 Å². The standard InChI is InChI=1S/C15H14BrNO2S/c1-17(9-13-8-12(16)10-20-13)14-5-3-2-4-11(14)6-7-15(18)19/h2-8,10H,9H2,1H3,(H,18,19). The highest BCUT2D eigenvalue weighted by molar-refractivity contribution is 9.10. The van der Waals surface area contributed by atoms with Gasteiger partial charge in [-0.3, -0.25) is 0 Å². The van der Waals surface area contributed by atoms with E-state index in [9.17, 15) is 4.79 Å². The number of hydrogen-bond donors (Lipinski definition) is 1. The lowest BCUT2D eigenvalue weighted by atomic mass is 10.1. The van der Waals surface area contributed by atoms with E-state index in [2.05, 4.69) is 32.3 Å². The van der Waals surface area contributed by atoms with E-state index >= 15 is 0 Å². The number of hydrogen-bond acceptors (Lipinski definition) is 3. The van der Waals surface area contributed by atoms with Crippen LogP contribution in [0.15, 0.2) is 46.3 Å². The normalized spacial score (nSPS) is 10.9. The van der Waals surface area contributed by atoms with E-state index in [1.54, 1.807) is 17.4 Å². The lowest BCUT2D eigenvalue weighted by Gasteiger charge is -2.20. The van der Waals surface area contributed by atoms with Crippen molar-refractivity contribution in [2.75, 3.05) is 11.9 Å². The van der Waals surface area contributed by atoms with Crippen molar-refractivity contribution in [3.63, 3.8) is 0 Å². The summed E-state index contributed by atoms with van der Waals surface area (Å²) >= 11 is 5.15. The van der Waals surface area contributed by atoms with Crippen molar-refractivity contribution in [2.24, 2.45) is 0 Å². The van der Waals surface area contributed by atoms with Gasteiger partial charge >= 0.3 is 5.97 Å². The van der Waals surface area contributed by atoms with Gasteiger partial charge in [0.25, 0.3) is 0 Å². The molecule has 0 fully saturated rings. The molecular formula is C15H14BrNO2S. The van der Waals surface area contributed by atoms with Crippen molar-refractivity contribution in [2.45, 2.75) is 6.54 Å². The molecule has 1 heterocycles. The Balaban J connectivity index is 2.20. The fourth-order valence-electron chi connectivity index (χ4n) is 1.89. The molecule has 0 aliphatic rings. The summed E-state index contributed by atoms with van der Waals surface area (Å²) in [5.41, 5.74) is 1.91. The van der Waals surface area contributed by atoms with Crippen molar-refractivity contribution >= 4 is 45.0 Å². The zero-order valence-electron chi connectivity index (χ0n) is 10.9. The topological polar surface area (TPSA) is 40.5 Å². The predicted octanol–water partition coefficient (Wildman–Crippen LogP) is 4.24. The molecule has 0 radical (unpaired) electrons. The van der Waals surface area contributed by atoms with Crippen molar-refractivity contribution < 1.29 is 9.90 Å². The molecule has 20 heavy (non-hydrogen) atoms. The van der Waals surface area contributed by atoms with Gasteiger partial charge in [0.05, 0.1) is 6.54 Å². The number of benzene rings is 1. The number of nitrogens with zero attached hydrogens (tertiary/aromatic N) is 1. The molecule has 1 aromatic carbocycles. The minimum Gasteiger partial charge on any atom is -0.478 e. The zero-order chi connectivity index (χ0) is 14.5. The zero-order valence-corrected chi connectivity index (χ0v) is 13.3. The van der Waals surface area contributed by atoms with E-state index in [1.165, 1.54) is 4.88 Å². The Morgan fingerprint density at radius 3 is 2.85 bits per heavy atom. The first-order chi connectivity index (χ1) is 9.56. The van der Waals surface area contributed by atoms with Crippen LogP contribution in [0.5, 0.6) is 0 Å². The summed E-state index contributed by atoms with van der Waals surface area (Å²) in [4.78, 5) is 14.0. The van der Waals surface area contributed by atoms with Gasteiger partial charge in [-0.2, -0.15) is 0 Å². The molecule has 0 saturated heterocycles. The molecule has 5 heteroatoms. The minimum atomic E-state index is -0.940. The third-order valence-electron chi connectivity index (χ3n) is 2.77. The number of carboxylic acid groups (broad SMARTS) is 1. The highest BCUT2D eigenvalue weighted by atomic mass is 79.9. The summed E-state index contributed by atoms with van der Waals surface area (Å²) in [7, 11) is 2.00. The third-order valence-corrected chi connectivity index (χ3v) is 4.45. The maximum absolute atomic E-state index is 10.6. The summed E-state index contributed by atoms with van der Waals surface area (Å²) < 4.78 is 1.09. The largest absolute Gasteiger partial charge is 0.478 e. The van der Waals surface area contributed by atoms with Gasteiger partial charge in [0.1, 0.15) is 0 Å². The quantitative estimate of drug-likeness (QED) is 0.818. The van der Waals surface area contributed by atoms with Crippen LogP contribution >= 0.6 is 27.3 Å². The first-order valence-electron chi connectivity index (χ1n) is 6.00. The van der Waals surface area contributed by atoms with E-state index in [-0.39, 0.29) is 0 Å². The van der Waals surface area contributed by atoms with Crippen LogP contribution in [0, 0.1) is 0 Å². The average molecular weight is 352 g/mol. The van der Waals surface area contributed by atoms with E-state index < -0.39 is 5.97 Å². The smallest absolute Gasteiger partial charge is 0.328 e. The van der Waals surface area contributed by atoms with Gasteiger partial charge in [0.15, 0.2) is 0 Å². The Kier molecular flexibility index (Phi) is 4.98. The SMILES string of the molecule is CN(Cc1cc(Br)cs1)c1ccccc1C=CC(=O)O. The third kappa shape index (κ3) is 3.95. The summed E-state index contributed by atoms with van der Waals surface area (Å²) in [6.07, 6.45) is 2.78. The number of para-hydroxylation sites is 1. The average Bonchev–Trinajstić information content (AvgIpc) is 2.82. The number of carbonyl (C=O) groups is 1. The second-order valence-electron chi connectivity index (χ2n) is 4.32. The number of carboxylic acids is 1. The summed E-state index contributed by atoms with van der Waals surface area (Å²) in [6.45, 7) is 0.786. The Morgan fingerprint density at radius 2 is 2.20 bits per heavy atom. The maximum atomic E-state index is 10.6. The monoisotopic (exact) mass is 351 g/mol. The van der Waals surface area contributed by atoms with Crippen LogP contribution in [0.25, 0.3) is 6.08 Å². The lowest BCUT2D eigenvalue weighted by molar-refractivity contribution is -0.131. The lowest BCUT2D eigenvalue weighted by Crippen LogP contribution is -2.16. The molecule has 0 spiro atoms. The Bertz CT molecular complexity index is 636. The van der Waals surface area contributed by atoms with Crippen LogP contribution in [0.1, 0.15) is 10.4 Å². The van der Waals surface area contributed by atoms with Crippen molar-refractivity contribution in [3.8, 4) is 0 Å². The molecule has 2 aromatic rings. The van der Waals surface area contributed by atoms with Crippen LogP contribution in [0.4, 0.5) is 5.69 Å². The fourth-order valence-corrected chi connectivity index (χ4v) is 3.40. The van der Waals surface area contributed by atoms with Crippen LogP contribution in [0.2, 0.25) is 0 Å². The Hall–Kier alpha value is -1.59. The molecule has 0 amide bonds. The number of halogens is 1. The van der Waals surface area contributed by atoms with Gasteiger partial charge < -0.3 is 10.0 Å². The van der Waals surface area contributed by atoms with E-state index in [4.69, 9.17) is 5.11 Å². The van der Waals surface area contributed by atoms with Crippen LogP contribution in [0.3, 0.4) is 0 Å². The van der Waals surface area contributed by atoms with Crippen molar-refractivity contribution in [3.05, 3.63) is 56.7 Å². The molecule has 0 aliphatic carbocycles. The number of rotatable bonds is 5. The molecule has 3 nitrogen and oxygen atoms in total. The van der Waals surface area contributed by atoms with Gasteiger partial charge in [0.2, 0.25) is 0 Å². The van der Waals surface area contributed by atoms with Crippen LogP contribution in [-0.2, 0) is 11.3 Å². The summed E-state index contributed by atoms with van der Waals surface area (Å²) in [5.74, 6) is -0.940. The van der Waals surface area contributed by atoms with Crippen molar-refractivity contribution in [1.82, 2.24) is 0 Å². The molecule has 0 unspecified atom stereocenters. The number of aliphatic carboxylic acids is 1. The second kappa shape index (κ2) is 6.72. The predicted molar refractivity (Wildman–Crippen MR) is 87.2 cm³/mol. The van der Waals surface area contributed by atoms with E-state index in [1.807, 2.05) is 31.3 Å².